The molecule has 2 aromatic heterocycles. The molecule has 2 N–H and O–H groups in total. The third kappa shape index (κ3) is 0.987. The Morgan fingerprint density at radius 1 is 1.50 bits per heavy atom. The van der Waals surface area contributed by atoms with Crippen molar-refractivity contribution in [2.24, 2.45) is 5.73 Å². The molecule has 0 amide bonds. The summed E-state index contributed by atoms with van der Waals surface area (Å²) in [6, 6.07) is 4.12. The van der Waals surface area contributed by atoms with Crippen LogP contribution < -0.4 is 5.73 Å². The van der Waals surface area contributed by atoms with Crippen molar-refractivity contribution in [2.45, 2.75) is 13.5 Å². The Hall–Kier alpha value is -1.35. The number of nitrogens with zero attached hydrogens (tertiary/aromatic N) is 2. The van der Waals surface area contributed by atoms with Crippen molar-refractivity contribution in [1.82, 2.24) is 9.38 Å². The molecule has 62 valence electrons. The molecule has 0 fully saturated rings. The number of rotatable bonds is 1. The minimum Gasteiger partial charge on any atom is -0.325 e. The number of fused-ring (bicyclic) bond motifs is 1. The second-order valence-electron chi connectivity index (χ2n) is 2.88. The summed E-state index contributed by atoms with van der Waals surface area (Å²) in [4.78, 5) is 4.20. The topological polar surface area (TPSA) is 43.3 Å². The standard InChI is InChI=1S/C9H11N3/c1-7-4-8(6-10)12-3-2-11-9(12)5-7/h2-5H,6,10H2,1H3. The van der Waals surface area contributed by atoms with Gasteiger partial charge < -0.3 is 10.1 Å². The van der Waals surface area contributed by atoms with Crippen molar-refractivity contribution in [1.29, 1.82) is 0 Å². The molecule has 0 aliphatic rings. The third-order valence-electron chi connectivity index (χ3n) is 1.94. The Morgan fingerprint density at radius 3 is 3.08 bits per heavy atom. The normalized spacial score (nSPS) is 10.8. The number of hydrogen-bond donors (Lipinski definition) is 1. The fourth-order valence-corrected chi connectivity index (χ4v) is 1.40. The summed E-state index contributed by atoms with van der Waals surface area (Å²) in [5, 5.41) is 0. The number of aryl methyl sites for hydroxylation is 1. The SMILES string of the molecule is Cc1cc(CN)n2ccnc2c1. The van der Waals surface area contributed by atoms with Gasteiger partial charge >= 0.3 is 0 Å². The molecule has 2 heterocycles. The second-order valence-corrected chi connectivity index (χ2v) is 2.88. The fourth-order valence-electron chi connectivity index (χ4n) is 1.40. The van der Waals surface area contributed by atoms with Gasteiger partial charge in [-0.1, -0.05) is 0 Å². The fraction of sp³-hybridized carbons (Fsp3) is 0.222. The Balaban J connectivity index is 2.80. The molecule has 0 saturated carbocycles. The molecule has 0 bridgehead atoms. The van der Waals surface area contributed by atoms with Crippen molar-refractivity contribution in [2.75, 3.05) is 0 Å². The zero-order valence-electron chi connectivity index (χ0n) is 6.99. The van der Waals surface area contributed by atoms with E-state index in [9.17, 15) is 0 Å². The summed E-state index contributed by atoms with van der Waals surface area (Å²) in [6.45, 7) is 2.60. The van der Waals surface area contributed by atoms with Crippen molar-refractivity contribution >= 4 is 5.65 Å². The van der Waals surface area contributed by atoms with Crippen LogP contribution in [0.4, 0.5) is 0 Å². The first-order valence-electron chi connectivity index (χ1n) is 3.94. The monoisotopic (exact) mass is 161 g/mol. The van der Waals surface area contributed by atoms with Crippen molar-refractivity contribution in [3.63, 3.8) is 0 Å². The van der Waals surface area contributed by atoms with E-state index in [4.69, 9.17) is 5.73 Å². The molecule has 3 heteroatoms. The van der Waals surface area contributed by atoms with Crippen LogP contribution in [-0.2, 0) is 6.54 Å². The molecule has 0 aliphatic heterocycles. The Kier molecular flexibility index (Phi) is 1.59. The number of aromatic nitrogens is 2. The lowest BCUT2D eigenvalue weighted by molar-refractivity contribution is 0.941. The number of pyridine rings is 1. The molecule has 0 aromatic carbocycles. The lowest BCUT2D eigenvalue weighted by Crippen LogP contribution is -2.03. The largest absolute Gasteiger partial charge is 0.325 e. The Bertz CT molecular complexity index is 403. The summed E-state index contributed by atoms with van der Waals surface area (Å²) in [7, 11) is 0. The number of imidazole rings is 1. The molecular formula is C9H11N3. The molecule has 0 radical (unpaired) electrons. The molecule has 0 spiro atoms. The minimum absolute atomic E-state index is 0.550. The summed E-state index contributed by atoms with van der Waals surface area (Å²) in [6.07, 6.45) is 3.71. The van der Waals surface area contributed by atoms with E-state index in [1.807, 2.05) is 23.6 Å². The first-order chi connectivity index (χ1) is 5.81. The average Bonchev–Trinajstić information content (AvgIpc) is 2.50. The van der Waals surface area contributed by atoms with Crippen LogP contribution in [0.25, 0.3) is 5.65 Å². The lowest BCUT2D eigenvalue weighted by Gasteiger charge is -2.03. The molecule has 12 heavy (non-hydrogen) atoms. The molecule has 0 unspecified atom stereocenters. The van der Waals surface area contributed by atoms with Gasteiger partial charge in [-0.15, -0.1) is 0 Å². The van der Waals surface area contributed by atoms with Crippen molar-refractivity contribution < 1.29 is 0 Å². The van der Waals surface area contributed by atoms with Crippen LogP contribution >= 0.6 is 0 Å². The maximum Gasteiger partial charge on any atom is 0.137 e. The van der Waals surface area contributed by atoms with Crippen LogP contribution in [0.5, 0.6) is 0 Å². The third-order valence-corrected chi connectivity index (χ3v) is 1.94. The highest BCUT2D eigenvalue weighted by molar-refractivity contribution is 5.43. The summed E-state index contributed by atoms with van der Waals surface area (Å²) in [5.74, 6) is 0. The smallest absolute Gasteiger partial charge is 0.137 e. The van der Waals surface area contributed by atoms with E-state index in [0.29, 0.717) is 6.54 Å². The van der Waals surface area contributed by atoms with E-state index < -0.39 is 0 Å². The maximum absolute atomic E-state index is 5.60. The van der Waals surface area contributed by atoms with E-state index in [-0.39, 0.29) is 0 Å². The molecule has 3 nitrogen and oxygen atoms in total. The van der Waals surface area contributed by atoms with Crippen LogP contribution in [0.15, 0.2) is 24.5 Å². The summed E-state index contributed by atoms with van der Waals surface area (Å²) in [5.41, 5.74) is 8.87. The average molecular weight is 161 g/mol. The van der Waals surface area contributed by atoms with Gasteiger partial charge in [0.25, 0.3) is 0 Å². The van der Waals surface area contributed by atoms with E-state index in [2.05, 4.69) is 11.1 Å². The van der Waals surface area contributed by atoms with Gasteiger partial charge in [-0.3, -0.25) is 0 Å². The summed E-state index contributed by atoms with van der Waals surface area (Å²) >= 11 is 0. The minimum atomic E-state index is 0.550. The van der Waals surface area contributed by atoms with Gasteiger partial charge in [-0.25, -0.2) is 4.98 Å². The van der Waals surface area contributed by atoms with E-state index >= 15 is 0 Å². The van der Waals surface area contributed by atoms with Crippen LogP contribution in [0.2, 0.25) is 0 Å². The zero-order valence-corrected chi connectivity index (χ0v) is 6.99. The van der Waals surface area contributed by atoms with Gasteiger partial charge in [-0.2, -0.15) is 0 Å². The van der Waals surface area contributed by atoms with Crippen LogP contribution in [0, 0.1) is 6.92 Å². The van der Waals surface area contributed by atoms with E-state index in [1.54, 1.807) is 6.20 Å². The van der Waals surface area contributed by atoms with Gasteiger partial charge in [0.15, 0.2) is 0 Å². The highest BCUT2D eigenvalue weighted by Gasteiger charge is 1.99. The van der Waals surface area contributed by atoms with Crippen molar-refractivity contribution in [3.8, 4) is 0 Å². The van der Waals surface area contributed by atoms with Crippen LogP contribution in [-0.4, -0.2) is 9.38 Å². The Morgan fingerprint density at radius 2 is 2.33 bits per heavy atom. The molecule has 2 aromatic rings. The van der Waals surface area contributed by atoms with Gasteiger partial charge in [0.05, 0.1) is 0 Å². The van der Waals surface area contributed by atoms with Crippen LogP contribution in [0.1, 0.15) is 11.3 Å². The predicted octanol–water partition coefficient (Wildman–Crippen LogP) is 1.10. The van der Waals surface area contributed by atoms with Crippen LogP contribution in [0.3, 0.4) is 0 Å². The number of nitrogens with two attached hydrogens (primary N) is 1. The molecule has 0 atom stereocenters. The number of hydrogen-bond acceptors (Lipinski definition) is 2. The molecule has 2 rings (SSSR count). The first-order valence-corrected chi connectivity index (χ1v) is 3.94. The second kappa shape index (κ2) is 2.60. The maximum atomic E-state index is 5.60. The molecular weight excluding hydrogens is 150 g/mol. The van der Waals surface area contributed by atoms with Gasteiger partial charge in [0.1, 0.15) is 5.65 Å². The lowest BCUT2D eigenvalue weighted by atomic mass is 10.2. The predicted molar refractivity (Wildman–Crippen MR) is 47.8 cm³/mol. The van der Waals surface area contributed by atoms with Gasteiger partial charge in [-0.05, 0) is 24.6 Å². The highest BCUT2D eigenvalue weighted by Crippen LogP contribution is 2.08. The van der Waals surface area contributed by atoms with Gasteiger partial charge in [0.2, 0.25) is 0 Å². The first kappa shape index (κ1) is 7.31. The molecule has 0 saturated heterocycles. The summed E-state index contributed by atoms with van der Waals surface area (Å²) < 4.78 is 2.01. The highest BCUT2D eigenvalue weighted by atomic mass is 15.0. The Labute approximate surface area is 70.8 Å². The van der Waals surface area contributed by atoms with E-state index in [1.165, 1.54) is 5.56 Å². The zero-order chi connectivity index (χ0) is 8.55. The molecule has 0 aliphatic carbocycles. The quantitative estimate of drug-likeness (QED) is 0.680. The van der Waals surface area contributed by atoms with Gasteiger partial charge in [0, 0.05) is 24.6 Å². The van der Waals surface area contributed by atoms with Crippen molar-refractivity contribution in [3.05, 3.63) is 35.8 Å². The van der Waals surface area contributed by atoms with E-state index in [0.717, 1.165) is 11.3 Å².